The number of rotatable bonds is 4. The average molecular weight is 398 g/mol. The van der Waals surface area contributed by atoms with E-state index in [4.69, 9.17) is 0 Å². The molecule has 1 aromatic carbocycles. The lowest BCUT2D eigenvalue weighted by molar-refractivity contribution is 0.187. The van der Waals surface area contributed by atoms with Crippen LogP contribution in [0.2, 0.25) is 0 Å². The van der Waals surface area contributed by atoms with Crippen molar-refractivity contribution in [1.29, 1.82) is 5.26 Å². The number of piperidine rings is 1. The molecule has 4 rings (SSSR count). The summed E-state index contributed by atoms with van der Waals surface area (Å²) in [5, 5.41) is 9.52. The second-order valence-electron chi connectivity index (χ2n) is 7.67. The van der Waals surface area contributed by atoms with Crippen LogP contribution in [0.1, 0.15) is 36.9 Å². The fourth-order valence-electron chi connectivity index (χ4n) is 4.63. The van der Waals surface area contributed by atoms with Crippen LogP contribution in [0, 0.1) is 17.2 Å². The van der Waals surface area contributed by atoms with Crippen molar-refractivity contribution in [2.24, 2.45) is 5.92 Å². The van der Waals surface area contributed by atoms with E-state index in [0.717, 1.165) is 23.2 Å². The Bertz CT molecular complexity index is 1110. The minimum Gasteiger partial charge on any atom is -0.311 e. The summed E-state index contributed by atoms with van der Waals surface area (Å²) in [6, 6.07) is 12.9. The molecule has 2 aromatic rings. The quantitative estimate of drug-likeness (QED) is 0.794. The van der Waals surface area contributed by atoms with Gasteiger partial charge in [-0.05, 0) is 30.9 Å². The molecule has 0 aliphatic carbocycles. The lowest BCUT2D eigenvalue weighted by Crippen LogP contribution is -2.49. The second kappa shape index (κ2) is 7.19. The number of nitrogens with zero attached hydrogens (tertiary/aromatic N) is 3. The summed E-state index contributed by atoms with van der Waals surface area (Å²) in [7, 11) is -3.28. The Hall–Kier alpha value is -2.43. The number of pyridine rings is 1. The third-order valence-electron chi connectivity index (χ3n) is 5.75. The van der Waals surface area contributed by atoms with E-state index in [1.54, 1.807) is 27.1 Å². The van der Waals surface area contributed by atoms with Gasteiger partial charge in [0.2, 0.25) is 10.0 Å². The Balaban J connectivity index is 1.84. The first-order valence-electron chi connectivity index (χ1n) is 9.65. The van der Waals surface area contributed by atoms with Gasteiger partial charge in [0.15, 0.2) is 0 Å². The van der Waals surface area contributed by atoms with E-state index < -0.39 is 10.0 Å². The zero-order chi connectivity index (χ0) is 19.9. The van der Waals surface area contributed by atoms with E-state index >= 15 is 0 Å². The molecule has 0 saturated carbocycles. The fraction of sp³-hybridized carbons (Fsp3) is 0.429. The van der Waals surface area contributed by atoms with Crippen LogP contribution >= 0.6 is 0 Å². The van der Waals surface area contributed by atoms with Crippen molar-refractivity contribution in [3.63, 3.8) is 0 Å². The third-order valence-corrected chi connectivity index (χ3v) is 7.76. The zero-order valence-corrected chi connectivity index (χ0v) is 16.7. The van der Waals surface area contributed by atoms with Gasteiger partial charge in [0, 0.05) is 48.4 Å². The summed E-state index contributed by atoms with van der Waals surface area (Å²) < 4.78 is 28.7. The van der Waals surface area contributed by atoms with E-state index in [1.807, 2.05) is 25.1 Å². The second-order valence-corrected chi connectivity index (χ2v) is 9.76. The van der Waals surface area contributed by atoms with Crippen molar-refractivity contribution in [3.8, 4) is 17.2 Å². The Morgan fingerprint density at radius 2 is 1.89 bits per heavy atom. The van der Waals surface area contributed by atoms with Crippen molar-refractivity contribution in [1.82, 2.24) is 8.87 Å². The number of aromatic nitrogens is 1. The maximum atomic E-state index is 12.7. The smallest absolute Gasteiger partial charge is 0.250 e. The van der Waals surface area contributed by atoms with Crippen molar-refractivity contribution in [2.45, 2.75) is 32.2 Å². The van der Waals surface area contributed by atoms with Crippen LogP contribution in [0.25, 0.3) is 11.1 Å². The maximum absolute atomic E-state index is 12.7. The Morgan fingerprint density at radius 1 is 1.11 bits per heavy atom. The van der Waals surface area contributed by atoms with Gasteiger partial charge in [-0.1, -0.05) is 25.1 Å². The normalized spacial score (nSPS) is 21.7. The molecule has 0 radical (unpaired) electrons. The first-order chi connectivity index (χ1) is 13.4. The molecular weight excluding hydrogens is 374 g/mol. The van der Waals surface area contributed by atoms with Crippen LogP contribution in [-0.2, 0) is 16.6 Å². The zero-order valence-electron chi connectivity index (χ0n) is 15.8. The highest BCUT2D eigenvalue weighted by molar-refractivity contribution is 7.89. The van der Waals surface area contributed by atoms with Crippen molar-refractivity contribution in [3.05, 3.63) is 58.0 Å². The largest absolute Gasteiger partial charge is 0.311 e. The first kappa shape index (κ1) is 18.9. The maximum Gasteiger partial charge on any atom is 0.250 e. The molecule has 1 aromatic heterocycles. The Kier molecular flexibility index (Phi) is 4.86. The van der Waals surface area contributed by atoms with Crippen LogP contribution in [0.4, 0.5) is 0 Å². The topological polar surface area (TPSA) is 83.2 Å². The summed E-state index contributed by atoms with van der Waals surface area (Å²) in [6.45, 7) is 3.26. The standard InChI is InChI=1S/C21H23N3O3S/c1-2-9-28(26,27)23-12-15-10-17(14-23)21-19(7-8-20(25)24(21)13-15)18-6-4-3-5-16(18)11-22/h3-8,15,17H,2,9-10,12-14H2,1H3/t15-,17+/m0/s1. The van der Waals surface area contributed by atoms with Gasteiger partial charge in [-0.15, -0.1) is 0 Å². The van der Waals surface area contributed by atoms with Crippen molar-refractivity contribution < 1.29 is 8.42 Å². The molecule has 0 amide bonds. The van der Waals surface area contributed by atoms with Gasteiger partial charge in [-0.3, -0.25) is 4.79 Å². The molecule has 7 heteroatoms. The van der Waals surface area contributed by atoms with Gasteiger partial charge in [0.05, 0.1) is 17.4 Å². The molecule has 146 valence electrons. The van der Waals surface area contributed by atoms with E-state index in [0.29, 0.717) is 31.6 Å². The highest BCUT2D eigenvalue weighted by Gasteiger charge is 2.40. The minimum atomic E-state index is -3.28. The van der Waals surface area contributed by atoms with Crippen LogP contribution in [0.3, 0.4) is 0 Å². The molecule has 6 nitrogen and oxygen atoms in total. The lowest BCUT2D eigenvalue weighted by Gasteiger charge is -2.43. The fourth-order valence-corrected chi connectivity index (χ4v) is 6.25. The van der Waals surface area contributed by atoms with Crippen LogP contribution in [0.5, 0.6) is 0 Å². The molecule has 3 heterocycles. The predicted octanol–water partition coefficient (Wildman–Crippen LogP) is 2.55. The summed E-state index contributed by atoms with van der Waals surface area (Å²) in [4.78, 5) is 12.6. The lowest BCUT2D eigenvalue weighted by atomic mass is 9.81. The number of fused-ring (bicyclic) bond motifs is 4. The van der Waals surface area contributed by atoms with Gasteiger partial charge >= 0.3 is 0 Å². The van der Waals surface area contributed by atoms with E-state index in [1.165, 1.54) is 0 Å². The van der Waals surface area contributed by atoms with Crippen LogP contribution in [0.15, 0.2) is 41.2 Å². The number of nitriles is 1. The van der Waals surface area contributed by atoms with Gasteiger partial charge < -0.3 is 4.57 Å². The number of hydrogen-bond donors (Lipinski definition) is 0. The highest BCUT2D eigenvalue weighted by atomic mass is 32.2. The average Bonchev–Trinajstić information content (AvgIpc) is 2.68. The molecule has 0 N–H and O–H groups in total. The molecule has 2 aliphatic heterocycles. The summed E-state index contributed by atoms with van der Waals surface area (Å²) in [5.41, 5.74) is 3.00. The SMILES string of the molecule is CCCS(=O)(=O)N1C[C@@H]2C[C@H](C1)c1c(-c3ccccc3C#N)ccc(=O)n1C2. The van der Waals surface area contributed by atoms with Crippen LogP contribution in [-0.4, -0.2) is 36.1 Å². The molecule has 2 bridgehead atoms. The molecular formula is C21H23N3O3S. The predicted molar refractivity (Wildman–Crippen MR) is 107 cm³/mol. The van der Waals surface area contributed by atoms with Crippen LogP contribution < -0.4 is 5.56 Å². The van der Waals surface area contributed by atoms with Gasteiger partial charge in [0.25, 0.3) is 5.56 Å². The number of hydrogen-bond acceptors (Lipinski definition) is 4. The van der Waals surface area contributed by atoms with E-state index in [9.17, 15) is 18.5 Å². The third kappa shape index (κ3) is 3.17. The van der Waals surface area contributed by atoms with Gasteiger partial charge in [-0.2, -0.15) is 5.26 Å². The number of benzene rings is 1. The molecule has 2 atom stereocenters. The van der Waals surface area contributed by atoms with Crippen molar-refractivity contribution in [2.75, 3.05) is 18.8 Å². The first-order valence-corrected chi connectivity index (χ1v) is 11.3. The van der Waals surface area contributed by atoms with E-state index in [2.05, 4.69) is 6.07 Å². The molecule has 0 unspecified atom stereocenters. The van der Waals surface area contributed by atoms with Gasteiger partial charge in [0.1, 0.15) is 0 Å². The summed E-state index contributed by atoms with van der Waals surface area (Å²) >= 11 is 0. The Morgan fingerprint density at radius 3 is 2.64 bits per heavy atom. The molecule has 2 aliphatic rings. The summed E-state index contributed by atoms with van der Waals surface area (Å²) in [5.74, 6) is 0.241. The highest BCUT2D eigenvalue weighted by Crippen LogP contribution is 2.41. The van der Waals surface area contributed by atoms with Crippen molar-refractivity contribution >= 4 is 10.0 Å². The molecule has 1 saturated heterocycles. The summed E-state index contributed by atoms with van der Waals surface area (Å²) in [6.07, 6.45) is 1.45. The monoisotopic (exact) mass is 397 g/mol. The molecule has 1 fully saturated rings. The van der Waals surface area contributed by atoms with Gasteiger partial charge in [-0.25, -0.2) is 12.7 Å². The minimum absolute atomic E-state index is 0.0465. The van der Waals surface area contributed by atoms with E-state index in [-0.39, 0.29) is 23.1 Å². The molecule has 28 heavy (non-hydrogen) atoms. The number of sulfonamides is 1. The molecule has 0 spiro atoms. The Labute approximate surface area is 165 Å².